The minimum Gasteiger partial charge on any atom is -0.352 e. The van der Waals surface area contributed by atoms with Gasteiger partial charge in [-0.1, -0.05) is 54.6 Å². The normalized spacial score (nSPS) is 30.4. The maximum atomic E-state index is 13.7. The summed E-state index contributed by atoms with van der Waals surface area (Å²) in [7, 11) is 0. The third kappa shape index (κ3) is 3.37. The van der Waals surface area contributed by atoms with Gasteiger partial charge >= 0.3 is 0 Å². The second-order valence-electron chi connectivity index (χ2n) is 10.6. The summed E-state index contributed by atoms with van der Waals surface area (Å²) in [4.78, 5) is 17.9. The van der Waals surface area contributed by atoms with Crippen molar-refractivity contribution in [1.82, 2.24) is 14.9 Å². The Morgan fingerprint density at radius 2 is 1.69 bits per heavy atom. The van der Waals surface area contributed by atoms with Gasteiger partial charge in [-0.15, -0.1) is 0 Å². The first kappa shape index (κ1) is 19.8. The molecular weight excluding hydrogens is 394 g/mol. The zero-order valence-corrected chi connectivity index (χ0v) is 18.5. The number of nitrogens with zero attached hydrogens (tertiary/aromatic N) is 2. The van der Waals surface area contributed by atoms with Gasteiger partial charge in [-0.25, -0.2) is 4.98 Å². The summed E-state index contributed by atoms with van der Waals surface area (Å²) < 4.78 is 2.07. The molecule has 4 fully saturated rings. The monoisotopic (exact) mass is 425 g/mol. The van der Waals surface area contributed by atoms with E-state index in [0.29, 0.717) is 18.4 Å². The molecule has 4 aliphatic rings. The summed E-state index contributed by atoms with van der Waals surface area (Å²) in [5, 5.41) is 3.38. The van der Waals surface area contributed by atoms with Gasteiger partial charge in [-0.2, -0.15) is 0 Å². The number of nitrogens with one attached hydrogen (secondary N) is 1. The van der Waals surface area contributed by atoms with E-state index in [2.05, 4.69) is 69.5 Å². The van der Waals surface area contributed by atoms with Crippen molar-refractivity contribution < 1.29 is 4.79 Å². The van der Waals surface area contributed by atoms with Gasteiger partial charge < -0.3 is 9.88 Å². The van der Waals surface area contributed by atoms with E-state index in [1.807, 2.05) is 12.5 Å². The highest BCUT2D eigenvalue weighted by Gasteiger charge is 2.60. The summed E-state index contributed by atoms with van der Waals surface area (Å²) in [5.74, 6) is 1.66. The Morgan fingerprint density at radius 1 is 0.969 bits per heavy atom. The highest BCUT2D eigenvalue weighted by molar-refractivity contribution is 5.83. The van der Waals surface area contributed by atoms with Crippen LogP contribution in [0.15, 0.2) is 73.3 Å². The van der Waals surface area contributed by atoms with Gasteiger partial charge in [-0.3, -0.25) is 4.79 Å². The number of imidazole rings is 1. The maximum absolute atomic E-state index is 13.7. The fourth-order valence-electron chi connectivity index (χ4n) is 7.48. The fourth-order valence-corrected chi connectivity index (χ4v) is 7.48. The molecule has 0 spiro atoms. The first-order valence-corrected chi connectivity index (χ1v) is 12.0. The summed E-state index contributed by atoms with van der Waals surface area (Å²) in [6.07, 6.45) is 12.6. The molecule has 0 radical (unpaired) electrons. The Balaban J connectivity index is 1.22. The Hall–Kier alpha value is -2.88. The first-order chi connectivity index (χ1) is 15.6. The van der Waals surface area contributed by atoms with Gasteiger partial charge in [0.05, 0.1) is 11.7 Å². The maximum Gasteiger partial charge on any atom is 0.226 e. The van der Waals surface area contributed by atoms with Crippen LogP contribution in [-0.2, 0) is 23.3 Å². The van der Waals surface area contributed by atoms with E-state index in [9.17, 15) is 4.79 Å². The predicted octanol–water partition coefficient (Wildman–Crippen LogP) is 5.09. The molecule has 4 aliphatic carbocycles. The van der Waals surface area contributed by atoms with E-state index >= 15 is 0 Å². The van der Waals surface area contributed by atoms with Crippen molar-refractivity contribution in [2.75, 3.05) is 0 Å². The Bertz CT molecular complexity index is 1090. The lowest BCUT2D eigenvalue weighted by Gasteiger charge is -2.61. The molecule has 3 aromatic rings. The van der Waals surface area contributed by atoms with E-state index in [4.69, 9.17) is 0 Å². The van der Waals surface area contributed by atoms with Crippen LogP contribution < -0.4 is 5.32 Å². The Kier molecular flexibility index (Phi) is 4.71. The largest absolute Gasteiger partial charge is 0.352 e. The van der Waals surface area contributed by atoms with Gasteiger partial charge in [0.2, 0.25) is 5.91 Å². The SMILES string of the molecule is O=C(NCc1ccccc1Cn1ccnc1)C12C[C@H]3C[C@@H](C1)CC(c1ccccc1)(C3)C2. The average Bonchev–Trinajstić information content (AvgIpc) is 3.31. The number of aromatic nitrogens is 2. The molecule has 0 aliphatic heterocycles. The molecule has 0 saturated heterocycles. The molecule has 2 unspecified atom stereocenters. The topological polar surface area (TPSA) is 46.9 Å². The van der Waals surface area contributed by atoms with Gasteiger partial charge in [0.1, 0.15) is 0 Å². The quantitative estimate of drug-likeness (QED) is 0.598. The molecule has 4 atom stereocenters. The summed E-state index contributed by atoms with van der Waals surface area (Å²) in [6, 6.07) is 19.4. The minimum absolute atomic E-state index is 0.195. The molecule has 4 bridgehead atoms. The minimum atomic E-state index is -0.195. The zero-order chi connectivity index (χ0) is 21.6. The number of rotatable bonds is 6. The number of hydrogen-bond acceptors (Lipinski definition) is 2. The van der Waals surface area contributed by atoms with Crippen LogP contribution in [0.5, 0.6) is 0 Å². The molecule has 1 aromatic heterocycles. The predicted molar refractivity (Wildman–Crippen MR) is 125 cm³/mol. The summed E-state index contributed by atoms with van der Waals surface area (Å²) in [5.41, 5.74) is 3.88. The van der Waals surface area contributed by atoms with E-state index in [1.54, 1.807) is 6.20 Å². The molecular formula is C28H31N3O. The summed E-state index contributed by atoms with van der Waals surface area (Å²) in [6.45, 7) is 1.37. The molecule has 2 aromatic carbocycles. The highest BCUT2D eigenvalue weighted by atomic mass is 16.2. The highest BCUT2D eigenvalue weighted by Crippen LogP contribution is 2.65. The molecule has 1 heterocycles. The van der Waals surface area contributed by atoms with Crippen molar-refractivity contribution in [2.24, 2.45) is 17.3 Å². The Labute approximate surface area is 190 Å². The average molecular weight is 426 g/mol. The lowest BCUT2D eigenvalue weighted by molar-refractivity contribution is -0.149. The van der Waals surface area contributed by atoms with Crippen LogP contribution in [0.2, 0.25) is 0 Å². The van der Waals surface area contributed by atoms with Crippen molar-refractivity contribution in [1.29, 1.82) is 0 Å². The van der Waals surface area contributed by atoms with Gasteiger partial charge in [0, 0.05) is 25.5 Å². The fraction of sp³-hybridized carbons (Fsp3) is 0.429. The van der Waals surface area contributed by atoms with Crippen LogP contribution in [-0.4, -0.2) is 15.5 Å². The van der Waals surface area contributed by atoms with Crippen LogP contribution in [0.1, 0.15) is 55.2 Å². The van der Waals surface area contributed by atoms with Crippen molar-refractivity contribution >= 4 is 5.91 Å². The summed E-state index contributed by atoms with van der Waals surface area (Å²) >= 11 is 0. The van der Waals surface area contributed by atoms with E-state index in [0.717, 1.165) is 25.8 Å². The van der Waals surface area contributed by atoms with Crippen molar-refractivity contribution in [3.8, 4) is 0 Å². The number of carbonyl (C=O) groups is 1. The van der Waals surface area contributed by atoms with E-state index in [-0.39, 0.29) is 16.7 Å². The smallest absolute Gasteiger partial charge is 0.226 e. The van der Waals surface area contributed by atoms with Crippen molar-refractivity contribution in [3.05, 3.63) is 90.0 Å². The van der Waals surface area contributed by atoms with E-state index in [1.165, 1.54) is 36.0 Å². The standard InChI is InChI=1S/C28H31N3O/c32-26(30-17-23-6-4-5-7-24(23)18-31-11-10-29-20-31)28-15-21-12-22(16-28)14-27(13-21,19-28)25-8-2-1-3-9-25/h1-11,20-22H,12-19H2,(H,30,32)/t21-,22+,27?,28?. The van der Waals surface area contributed by atoms with Crippen molar-refractivity contribution in [3.63, 3.8) is 0 Å². The second kappa shape index (κ2) is 7.61. The molecule has 7 rings (SSSR count). The third-order valence-corrected chi connectivity index (χ3v) is 8.40. The van der Waals surface area contributed by atoms with Gasteiger partial charge in [-0.05, 0) is 72.5 Å². The zero-order valence-electron chi connectivity index (χ0n) is 18.5. The van der Waals surface area contributed by atoms with Crippen molar-refractivity contribution in [2.45, 2.75) is 57.0 Å². The molecule has 1 N–H and O–H groups in total. The van der Waals surface area contributed by atoms with Crippen LogP contribution in [0.4, 0.5) is 0 Å². The lowest BCUT2D eigenvalue weighted by Crippen LogP contribution is -2.59. The lowest BCUT2D eigenvalue weighted by atomic mass is 9.42. The van der Waals surface area contributed by atoms with Gasteiger partial charge in [0.25, 0.3) is 0 Å². The van der Waals surface area contributed by atoms with Crippen LogP contribution >= 0.6 is 0 Å². The first-order valence-electron chi connectivity index (χ1n) is 12.0. The van der Waals surface area contributed by atoms with E-state index < -0.39 is 0 Å². The molecule has 4 heteroatoms. The molecule has 164 valence electrons. The number of benzene rings is 2. The molecule has 4 nitrogen and oxygen atoms in total. The van der Waals surface area contributed by atoms with Crippen LogP contribution in [0, 0.1) is 17.3 Å². The number of hydrogen-bond donors (Lipinski definition) is 1. The van der Waals surface area contributed by atoms with Crippen LogP contribution in [0.25, 0.3) is 0 Å². The molecule has 32 heavy (non-hydrogen) atoms. The number of carbonyl (C=O) groups excluding carboxylic acids is 1. The molecule has 4 saturated carbocycles. The Morgan fingerprint density at radius 3 is 2.41 bits per heavy atom. The van der Waals surface area contributed by atoms with Crippen LogP contribution in [0.3, 0.4) is 0 Å². The number of amides is 1. The van der Waals surface area contributed by atoms with Gasteiger partial charge in [0.15, 0.2) is 0 Å². The molecule has 1 amide bonds. The second-order valence-corrected chi connectivity index (χ2v) is 10.6. The third-order valence-electron chi connectivity index (χ3n) is 8.40.